The van der Waals surface area contributed by atoms with Crippen LogP contribution in [0.25, 0.3) is 0 Å². The first kappa shape index (κ1) is 13.8. The van der Waals surface area contributed by atoms with Crippen molar-refractivity contribution in [2.45, 2.75) is 6.42 Å². The average Bonchev–Trinajstić information content (AvgIpc) is 2.46. The van der Waals surface area contributed by atoms with Gasteiger partial charge in [-0.15, -0.1) is 0 Å². The van der Waals surface area contributed by atoms with Gasteiger partial charge in [0, 0.05) is 10.7 Å². The summed E-state index contributed by atoms with van der Waals surface area (Å²) in [5.41, 5.74) is 2.15. The van der Waals surface area contributed by atoms with Crippen LogP contribution < -0.4 is 10.2 Å². The number of hydrogen-bond donors (Lipinski definition) is 1. The van der Waals surface area contributed by atoms with Crippen LogP contribution in [0.5, 0.6) is 0 Å². The number of nitrogens with zero attached hydrogens (tertiary/aromatic N) is 2. The van der Waals surface area contributed by atoms with E-state index in [1.807, 2.05) is 24.3 Å². The van der Waals surface area contributed by atoms with E-state index in [-0.39, 0.29) is 24.8 Å². The van der Waals surface area contributed by atoms with E-state index in [0.717, 1.165) is 10.0 Å². The van der Waals surface area contributed by atoms with Crippen molar-refractivity contribution in [1.82, 2.24) is 4.98 Å². The first-order valence-electron chi connectivity index (χ1n) is 6.42. The fraction of sp³-hybridized carbons (Fsp3) is 0.133. The van der Waals surface area contributed by atoms with Gasteiger partial charge in [-0.05, 0) is 23.8 Å². The summed E-state index contributed by atoms with van der Waals surface area (Å²) in [7, 11) is 0. The fourth-order valence-corrected chi connectivity index (χ4v) is 2.72. The number of amides is 2. The zero-order valence-corrected chi connectivity index (χ0v) is 12.6. The van der Waals surface area contributed by atoms with Crippen LogP contribution in [0.15, 0.2) is 47.2 Å². The molecule has 0 aliphatic carbocycles. The molecular formula is C15H12BrN3O2. The lowest BCUT2D eigenvalue weighted by molar-refractivity contribution is -0.121. The van der Waals surface area contributed by atoms with Gasteiger partial charge in [-0.25, -0.2) is 0 Å². The van der Waals surface area contributed by atoms with Crippen LogP contribution in [0, 0.1) is 0 Å². The van der Waals surface area contributed by atoms with Crippen molar-refractivity contribution in [2.24, 2.45) is 0 Å². The number of aromatic nitrogens is 1. The molecule has 5 nitrogen and oxygen atoms in total. The van der Waals surface area contributed by atoms with E-state index >= 15 is 0 Å². The Balaban J connectivity index is 1.86. The van der Waals surface area contributed by atoms with Crippen molar-refractivity contribution in [2.75, 3.05) is 16.8 Å². The Hall–Kier alpha value is -2.21. The van der Waals surface area contributed by atoms with E-state index in [9.17, 15) is 9.59 Å². The standard InChI is InChI=1S/C15H12BrN3O2/c16-11-3-1-2-10(6-11)7-15(21)19-9-14(20)18-12-8-17-5-4-13(12)19/h1-6,8H,7,9H2,(H,18,20). The molecule has 0 spiro atoms. The third-order valence-corrected chi connectivity index (χ3v) is 3.70. The number of carbonyl (C=O) groups is 2. The molecule has 0 saturated carbocycles. The monoisotopic (exact) mass is 345 g/mol. The number of benzene rings is 1. The van der Waals surface area contributed by atoms with E-state index in [4.69, 9.17) is 0 Å². The SMILES string of the molecule is O=C1CN(C(=O)Cc2cccc(Br)c2)c2ccncc2N1. The van der Waals surface area contributed by atoms with E-state index in [2.05, 4.69) is 26.2 Å². The molecule has 1 aromatic carbocycles. The average molecular weight is 346 g/mol. The van der Waals surface area contributed by atoms with Crippen molar-refractivity contribution in [1.29, 1.82) is 0 Å². The maximum atomic E-state index is 12.5. The molecule has 0 unspecified atom stereocenters. The molecule has 0 fully saturated rings. The van der Waals surface area contributed by atoms with E-state index in [1.165, 1.54) is 4.90 Å². The van der Waals surface area contributed by atoms with Gasteiger partial charge in [-0.1, -0.05) is 28.1 Å². The lowest BCUT2D eigenvalue weighted by Gasteiger charge is -2.28. The molecule has 2 aromatic rings. The number of halogens is 1. The molecule has 0 bridgehead atoms. The van der Waals surface area contributed by atoms with Gasteiger partial charge in [-0.2, -0.15) is 0 Å². The Morgan fingerprint density at radius 2 is 2.24 bits per heavy atom. The van der Waals surface area contributed by atoms with Crippen molar-refractivity contribution >= 4 is 39.1 Å². The van der Waals surface area contributed by atoms with Crippen LogP contribution in [0.1, 0.15) is 5.56 Å². The van der Waals surface area contributed by atoms with Crippen LogP contribution in [0.4, 0.5) is 11.4 Å². The molecule has 6 heteroatoms. The molecule has 1 aliphatic rings. The molecule has 2 heterocycles. The fourth-order valence-electron chi connectivity index (χ4n) is 2.28. The molecule has 21 heavy (non-hydrogen) atoms. The second-order valence-corrected chi connectivity index (χ2v) is 5.64. The topological polar surface area (TPSA) is 62.3 Å². The summed E-state index contributed by atoms with van der Waals surface area (Å²) < 4.78 is 0.925. The third-order valence-electron chi connectivity index (χ3n) is 3.21. The second kappa shape index (κ2) is 5.65. The largest absolute Gasteiger partial charge is 0.321 e. The van der Waals surface area contributed by atoms with E-state index in [1.54, 1.807) is 18.5 Å². The molecule has 0 atom stereocenters. The van der Waals surface area contributed by atoms with Crippen LogP contribution >= 0.6 is 15.9 Å². The van der Waals surface area contributed by atoms with Gasteiger partial charge in [0.15, 0.2) is 0 Å². The summed E-state index contributed by atoms with van der Waals surface area (Å²) in [5, 5.41) is 2.71. The molecule has 1 aromatic heterocycles. The zero-order valence-electron chi connectivity index (χ0n) is 11.0. The van der Waals surface area contributed by atoms with Crippen molar-refractivity contribution < 1.29 is 9.59 Å². The lowest BCUT2D eigenvalue weighted by Crippen LogP contribution is -2.42. The molecule has 1 N–H and O–H groups in total. The van der Waals surface area contributed by atoms with Gasteiger partial charge in [0.25, 0.3) is 0 Å². The Morgan fingerprint density at radius 3 is 3.05 bits per heavy atom. The minimum atomic E-state index is -0.210. The molecular weight excluding hydrogens is 334 g/mol. The van der Waals surface area contributed by atoms with Crippen molar-refractivity contribution in [3.63, 3.8) is 0 Å². The van der Waals surface area contributed by atoms with Crippen LogP contribution in [-0.2, 0) is 16.0 Å². The van der Waals surface area contributed by atoms with Crippen LogP contribution in [0.3, 0.4) is 0 Å². The summed E-state index contributed by atoms with van der Waals surface area (Å²) in [4.78, 5) is 29.7. The Bertz CT molecular complexity index is 718. The number of hydrogen-bond acceptors (Lipinski definition) is 3. The highest BCUT2D eigenvalue weighted by molar-refractivity contribution is 9.10. The van der Waals surface area contributed by atoms with Crippen LogP contribution in [-0.4, -0.2) is 23.3 Å². The zero-order chi connectivity index (χ0) is 14.8. The maximum absolute atomic E-state index is 12.5. The smallest absolute Gasteiger partial charge is 0.244 e. The Labute approximate surface area is 130 Å². The van der Waals surface area contributed by atoms with E-state index in [0.29, 0.717) is 11.4 Å². The van der Waals surface area contributed by atoms with Gasteiger partial charge in [-0.3, -0.25) is 14.6 Å². The first-order valence-corrected chi connectivity index (χ1v) is 7.21. The quantitative estimate of drug-likeness (QED) is 0.908. The minimum absolute atomic E-state index is 0.0316. The predicted octanol–water partition coefficient (Wildman–Crippen LogP) is 2.37. The van der Waals surface area contributed by atoms with Crippen molar-refractivity contribution in [3.8, 4) is 0 Å². The van der Waals surface area contributed by atoms with Gasteiger partial charge in [0.1, 0.15) is 6.54 Å². The summed E-state index contributed by atoms with van der Waals surface area (Å²) in [6.07, 6.45) is 3.40. The van der Waals surface area contributed by atoms with Gasteiger partial charge >= 0.3 is 0 Å². The molecule has 0 saturated heterocycles. The van der Waals surface area contributed by atoms with Gasteiger partial charge in [0.05, 0.1) is 24.0 Å². The summed E-state index contributed by atoms with van der Waals surface area (Å²) in [6, 6.07) is 9.31. The number of anilines is 2. The Morgan fingerprint density at radius 1 is 1.38 bits per heavy atom. The maximum Gasteiger partial charge on any atom is 0.244 e. The van der Waals surface area contributed by atoms with Crippen LogP contribution in [0.2, 0.25) is 0 Å². The number of pyridine rings is 1. The third kappa shape index (κ3) is 2.95. The highest BCUT2D eigenvalue weighted by atomic mass is 79.9. The predicted molar refractivity (Wildman–Crippen MR) is 83.1 cm³/mol. The molecule has 1 aliphatic heterocycles. The summed E-state index contributed by atoms with van der Waals surface area (Å²) >= 11 is 3.39. The van der Waals surface area contributed by atoms with E-state index < -0.39 is 0 Å². The summed E-state index contributed by atoms with van der Waals surface area (Å²) in [5.74, 6) is -0.325. The van der Waals surface area contributed by atoms with Crippen molar-refractivity contribution in [3.05, 3.63) is 52.8 Å². The molecule has 2 amide bonds. The molecule has 0 radical (unpaired) electrons. The molecule has 3 rings (SSSR count). The number of nitrogens with one attached hydrogen (secondary N) is 1. The molecule has 106 valence electrons. The Kier molecular flexibility index (Phi) is 3.70. The van der Waals surface area contributed by atoms with Gasteiger partial charge in [0.2, 0.25) is 11.8 Å². The number of rotatable bonds is 2. The number of carbonyl (C=O) groups excluding carboxylic acids is 2. The lowest BCUT2D eigenvalue weighted by atomic mass is 10.1. The second-order valence-electron chi connectivity index (χ2n) is 4.73. The highest BCUT2D eigenvalue weighted by Crippen LogP contribution is 2.28. The first-order chi connectivity index (χ1) is 10.1. The number of fused-ring (bicyclic) bond motifs is 1. The van der Waals surface area contributed by atoms with Gasteiger partial charge < -0.3 is 10.2 Å². The highest BCUT2D eigenvalue weighted by Gasteiger charge is 2.26. The summed E-state index contributed by atoms with van der Waals surface area (Å²) in [6.45, 7) is 0.0316. The minimum Gasteiger partial charge on any atom is -0.321 e. The normalized spacial score (nSPS) is 13.6.